The number of carbonyl (C=O) groups excluding carboxylic acids is 3. The summed E-state index contributed by atoms with van der Waals surface area (Å²) in [6.07, 6.45) is 8.39. The van der Waals surface area contributed by atoms with Gasteiger partial charge >= 0.3 is 6.03 Å². The molecule has 0 bridgehead atoms. The number of hydrogen-bond acceptors (Lipinski definition) is 11. The lowest BCUT2D eigenvalue weighted by atomic mass is 10.0. The predicted molar refractivity (Wildman–Crippen MR) is 163 cm³/mol. The monoisotopic (exact) mass is 624 g/mol. The maximum absolute atomic E-state index is 13.2. The lowest BCUT2D eigenvalue weighted by molar-refractivity contribution is -0.189. The molecular formula is C31H32N10O5. The molecule has 4 amide bonds. The molecule has 4 aromatic heterocycles. The van der Waals surface area contributed by atoms with Gasteiger partial charge in [0.2, 0.25) is 11.8 Å². The van der Waals surface area contributed by atoms with Gasteiger partial charge in [-0.1, -0.05) is 0 Å². The molecule has 0 unspecified atom stereocenters. The molecule has 4 fully saturated rings. The topological polar surface area (TPSA) is 180 Å². The number of carbonyl (C=O) groups is 3. The summed E-state index contributed by atoms with van der Waals surface area (Å²) < 4.78 is 7.12. The first-order valence-corrected chi connectivity index (χ1v) is 15.3. The molecule has 2 aliphatic heterocycles. The Kier molecular flexibility index (Phi) is 6.51. The highest BCUT2D eigenvalue weighted by Crippen LogP contribution is 2.46. The molecule has 3 N–H and O–H groups in total. The molecule has 2 saturated carbocycles. The first-order chi connectivity index (χ1) is 22.1. The summed E-state index contributed by atoms with van der Waals surface area (Å²) in [6, 6.07) is 5.01. The van der Waals surface area contributed by atoms with Gasteiger partial charge in [-0.2, -0.15) is 0 Å². The van der Waals surface area contributed by atoms with Gasteiger partial charge in [0.15, 0.2) is 17.1 Å². The standard InChI is InChI=1S/C31H32N10O5/c1-16-5-6-32-26(34-16)20-8-21(20)28(43)36-24-9-23(37-29(38-24)31(45)14-46-15-31)33-10-19-12-40-11-18(17-3-4-17)7-22(27(40)35-19)41-13-25(42)39(2)30(41)44/h5-7,9,11-12,17,20-21,45H,3-4,8,10,13-15H2,1-2H3,(H2,33,36,37,38,43)/t20-,21-/m0/s1. The number of ether oxygens (including phenoxy) is 1. The minimum absolute atomic E-state index is 0.0377. The highest BCUT2D eigenvalue weighted by atomic mass is 16.5. The molecule has 2 aliphatic carbocycles. The number of aromatic nitrogens is 6. The van der Waals surface area contributed by atoms with Gasteiger partial charge in [-0.15, -0.1) is 0 Å². The highest BCUT2D eigenvalue weighted by molar-refractivity contribution is 6.13. The summed E-state index contributed by atoms with van der Waals surface area (Å²) in [5.41, 5.74) is 2.40. The number of imide groups is 1. The number of fused-ring (bicyclic) bond motifs is 1. The first kappa shape index (κ1) is 28.5. The van der Waals surface area contributed by atoms with E-state index in [9.17, 15) is 19.5 Å². The van der Waals surface area contributed by atoms with E-state index in [-0.39, 0.29) is 67.6 Å². The van der Waals surface area contributed by atoms with Crippen molar-refractivity contribution in [2.75, 3.05) is 42.3 Å². The Hall–Kier alpha value is -5.02. The van der Waals surface area contributed by atoms with E-state index < -0.39 is 5.60 Å². The van der Waals surface area contributed by atoms with Crippen LogP contribution in [-0.4, -0.2) is 84.0 Å². The SMILES string of the molecule is Cc1ccnc([C@H]2C[C@@H]2C(=O)Nc2cc(NCc3cn4cc(C5CC5)cc(N5CC(=O)N(C)C5=O)c4n3)nc(C3(O)COC3)n2)n1. The van der Waals surface area contributed by atoms with Crippen molar-refractivity contribution in [1.29, 1.82) is 0 Å². The molecule has 8 rings (SSSR count). The molecule has 46 heavy (non-hydrogen) atoms. The Morgan fingerprint density at radius 3 is 2.61 bits per heavy atom. The first-order valence-electron chi connectivity index (χ1n) is 15.3. The molecule has 0 spiro atoms. The summed E-state index contributed by atoms with van der Waals surface area (Å²) in [7, 11) is 1.48. The fraction of sp³-hybridized carbons (Fsp3) is 0.419. The fourth-order valence-corrected chi connectivity index (χ4v) is 5.91. The second-order valence-electron chi connectivity index (χ2n) is 12.6. The van der Waals surface area contributed by atoms with Gasteiger partial charge in [0.1, 0.15) is 24.0 Å². The smallest absolute Gasteiger partial charge is 0.331 e. The van der Waals surface area contributed by atoms with E-state index in [4.69, 9.17) is 9.72 Å². The molecule has 0 radical (unpaired) electrons. The van der Waals surface area contributed by atoms with Gasteiger partial charge in [0, 0.05) is 49.2 Å². The Balaban J connectivity index is 1.04. The van der Waals surface area contributed by atoms with E-state index in [1.165, 1.54) is 11.9 Å². The van der Waals surface area contributed by atoms with Crippen LogP contribution >= 0.6 is 0 Å². The highest BCUT2D eigenvalue weighted by Gasteiger charge is 2.47. The second-order valence-corrected chi connectivity index (χ2v) is 12.6. The largest absolute Gasteiger partial charge is 0.377 e. The number of aliphatic hydroxyl groups is 1. The van der Waals surface area contributed by atoms with E-state index in [1.54, 1.807) is 12.3 Å². The number of amides is 4. The Morgan fingerprint density at radius 1 is 1.11 bits per heavy atom. The van der Waals surface area contributed by atoms with E-state index >= 15 is 0 Å². The van der Waals surface area contributed by atoms with Gasteiger partial charge in [0.05, 0.1) is 31.1 Å². The van der Waals surface area contributed by atoms with E-state index in [0.29, 0.717) is 41.0 Å². The molecule has 2 saturated heterocycles. The number of rotatable bonds is 9. The van der Waals surface area contributed by atoms with Gasteiger partial charge in [-0.05, 0) is 49.8 Å². The Labute approximate surface area is 263 Å². The van der Waals surface area contributed by atoms with Crippen molar-refractivity contribution >= 4 is 40.8 Å². The summed E-state index contributed by atoms with van der Waals surface area (Å²) in [4.78, 5) is 63.5. The van der Waals surface area contributed by atoms with Crippen LogP contribution in [0.5, 0.6) is 0 Å². The van der Waals surface area contributed by atoms with E-state index in [1.807, 2.05) is 35.9 Å². The summed E-state index contributed by atoms with van der Waals surface area (Å²) in [6.45, 7) is 2.20. The minimum Gasteiger partial charge on any atom is -0.377 e. The van der Waals surface area contributed by atoms with Crippen LogP contribution in [0.1, 0.15) is 59.7 Å². The molecule has 4 aromatic rings. The van der Waals surface area contributed by atoms with Crippen molar-refractivity contribution in [3.05, 3.63) is 65.4 Å². The quantitative estimate of drug-likeness (QED) is 0.232. The number of nitrogens with zero attached hydrogens (tertiary/aromatic N) is 8. The average Bonchev–Trinajstić information content (AvgIpc) is 3.95. The molecule has 15 nitrogen and oxygen atoms in total. The van der Waals surface area contributed by atoms with Crippen LogP contribution < -0.4 is 15.5 Å². The number of urea groups is 1. The number of pyridine rings is 1. The van der Waals surface area contributed by atoms with Crippen molar-refractivity contribution in [3.63, 3.8) is 0 Å². The molecule has 2 atom stereocenters. The fourth-order valence-electron chi connectivity index (χ4n) is 5.91. The van der Waals surface area contributed by atoms with Gasteiger partial charge < -0.3 is 24.9 Å². The lowest BCUT2D eigenvalue weighted by Gasteiger charge is -2.34. The lowest BCUT2D eigenvalue weighted by Crippen LogP contribution is -2.48. The molecule has 6 heterocycles. The number of nitrogens with one attached hydrogen (secondary N) is 2. The van der Waals surface area contributed by atoms with E-state index in [2.05, 4.69) is 30.6 Å². The number of imidazole rings is 1. The zero-order valence-corrected chi connectivity index (χ0v) is 25.3. The van der Waals surface area contributed by atoms with Crippen LogP contribution in [0.15, 0.2) is 36.8 Å². The molecule has 15 heteroatoms. The average molecular weight is 625 g/mol. The number of anilines is 3. The predicted octanol–water partition coefficient (Wildman–Crippen LogP) is 2.07. The van der Waals surface area contributed by atoms with Crippen LogP contribution in [0.25, 0.3) is 5.65 Å². The van der Waals surface area contributed by atoms with Gasteiger partial charge in [0.25, 0.3) is 0 Å². The van der Waals surface area contributed by atoms with Crippen LogP contribution in [0.2, 0.25) is 0 Å². The minimum atomic E-state index is -1.36. The molecule has 0 aromatic carbocycles. The van der Waals surface area contributed by atoms with Crippen LogP contribution in [-0.2, 0) is 26.5 Å². The Morgan fingerprint density at radius 2 is 1.91 bits per heavy atom. The van der Waals surface area contributed by atoms with Crippen molar-refractivity contribution in [3.8, 4) is 0 Å². The zero-order chi connectivity index (χ0) is 31.7. The normalized spacial score (nSPS) is 21.9. The van der Waals surface area contributed by atoms with Crippen molar-refractivity contribution in [2.45, 2.75) is 50.2 Å². The third-order valence-electron chi connectivity index (χ3n) is 8.93. The summed E-state index contributed by atoms with van der Waals surface area (Å²) >= 11 is 0. The number of hydrogen-bond donors (Lipinski definition) is 3. The summed E-state index contributed by atoms with van der Waals surface area (Å²) in [5, 5.41) is 17.1. The molecule has 236 valence electrons. The van der Waals surface area contributed by atoms with E-state index in [0.717, 1.165) is 29.0 Å². The number of aryl methyl sites for hydroxylation is 1. The second kappa shape index (κ2) is 10.5. The maximum atomic E-state index is 13.2. The van der Waals surface area contributed by atoms with Crippen LogP contribution in [0.4, 0.5) is 22.1 Å². The third-order valence-corrected chi connectivity index (χ3v) is 8.93. The molecule has 4 aliphatic rings. The third kappa shape index (κ3) is 5.10. The Bertz CT molecular complexity index is 1920. The van der Waals surface area contributed by atoms with Crippen LogP contribution in [0.3, 0.4) is 0 Å². The van der Waals surface area contributed by atoms with Crippen molar-refractivity contribution in [2.24, 2.45) is 5.92 Å². The van der Waals surface area contributed by atoms with Crippen molar-refractivity contribution < 1.29 is 24.2 Å². The summed E-state index contributed by atoms with van der Waals surface area (Å²) in [5.74, 6) is 1.03. The van der Waals surface area contributed by atoms with Crippen LogP contribution in [0, 0.1) is 12.8 Å². The zero-order valence-electron chi connectivity index (χ0n) is 25.3. The maximum Gasteiger partial charge on any atom is 0.331 e. The molecular weight excluding hydrogens is 592 g/mol. The van der Waals surface area contributed by atoms with Gasteiger partial charge in [-0.25, -0.2) is 29.7 Å². The number of likely N-dealkylation sites (N-methyl/N-ethyl adjacent to an activating group) is 1. The van der Waals surface area contributed by atoms with Crippen molar-refractivity contribution in [1.82, 2.24) is 34.2 Å². The van der Waals surface area contributed by atoms with Gasteiger partial charge in [-0.3, -0.25) is 19.4 Å².